The van der Waals surface area contributed by atoms with Crippen molar-refractivity contribution in [2.45, 2.75) is 13.5 Å². The number of hydrogen-bond donors (Lipinski definition) is 2. The van der Waals surface area contributed by atoms with Crippen LogP contribution in [0.2, 0.25) is 0 Å². The second-order valence-electron chi connectivity index (χ2n) is 3.53. The van der Waals surface area contributed by atoms with Gasteiger partial charge in [-0.05, 0) is 12.6 Å². The molecule has 0 saturated carbocycles. The van der Waals surface area contributed by atoms with Gasteiger partial charge in [0.2, 0.25) is 0 Å². The molecular formula is C12H13NO3. The van der Waals surface area contributed by atoms with E-state index >= 15 is 0 Å². The zero-order valence-corrected chi connectivity index (χ0v) is 8.99. The zero-order valence-electron chi connectivity index (χ0n) is 8.99. The van der Waals surface area contributed by atoms with Crippen molar-refractivity contribution in [3.63, 3.8) is 0 Å². The first-order valence-corrected chi connectivity index (χ1v) is 5.17. The largest absolute Gasteiger partial charge is 0.478 e. The van der Waals surface area contributed by atoms with E-state index in [-0.39, 0.29) is 5.56 Å². The number of para-hydroxylation sites is 1. The minimum absolute atomic E-state index is 0.209. The minimum atomic E-state index is -0.963. The van der Waals surface area contributed by atoms with E-state index in [1.165, 1.54) is 0 Å². The molecule has 2 N–H and O–H groups in total. The van der Waals surface area contributed by atoms with Gasteiger partial charge in [-0.3, -0.25) is 0 Å². The summed E-state index contributed by atoms with van der Waals surface area (Å²) < 4.78 is 5.32. The molecular weight excluding hydrogens is 206 g/mol. The molecule has 0 aliphatic carbocycles. The molecule has 4 heteroatoms. The van der Waals surface area contributed by atoms with Crippen LogP contribution in [-0.4, -0.2) is 17.6 Å². The molecule has 0 spiro atoms. The Morgan fingerprint density at radius 1 is 1.50 bits per heavy atom. The Balaban J connectivity index is 2.48. The van der Waals surface area contributed by atoms with Crippen LogP contribution in [0.5, 0.6) is 0 Å². The van der Waals surface area contributed by atoms with Crippen LogP contribution >= 0.6 is 0 Å². The molecule has 2 aromatic rings. The van der Waals surface area contributed by atoms with Crippen LogP contribution in [0.3, 0.4) is 0 Å². The third-order valence-corrected chi connectivity index (χ3v) is 2.48. The van der Waals surface area contributed by atoms with Gasteiger partial charge < -0.3 is 14.8 Å². The first-order valence-electron chi connectivity index (χ1n) is 5.17. The molecule has 4 nitrogen and oxygen atoms in total. The van der Waals surface area contributed by atoms with Crippen LogP contribution in [0.1, 0.15) is 22.8 Å². The number of aromatic carboxylic acids is 1. The summed E-state index contributed by atoms with van der Waals surface area (Å²) in [7, 11) is 0. The lowest BCUT2D eigenvalue weighted by molar-refractivity contribution is 0.0698. The highest BCUT2D eigenvalue weighted by Crippen LogP contribution is 2.24. The van der Waals surface area contributed by atoms with Gasteiger partial charge in [-0.1, -0.05) is 19.1 Å². The zero-order chi connectivity index (χ0) is 11.5. The summed E-state index contributed by atoms with van der Waals surface area (Å²) in [6.07, 6.45) is 1.61. The minimum Gasteiger partial charge on any atom is -0.478 e. The molecule has 16 heavy (non-hydrogen) atoms. The third kappa shape index (κ3) is 1.79. The van der Waals surface area contributed by atoms with E-state index in [4.69, 9.17) is 9.52 Å². The van der Waals surface area contributed by atoms with Gasteiger partial charge in [0.1, 0.15) is 11.1 Å². The first-order chi connectivity index (χ1) is 7.74. The lowest BCUT2D eigenvalue weighted by atomic mass is 10.1. The molecule has 2 rings (SSSR count). The Bertz CT molecular complexity index is 516. The van der Waals surface area contributed by atoms with Crippen molar-refractivity contribution in [2.24, 2.45) is 0 Å². The smallest absolute Gasteiger partial charge is 0.339 e. The standard InChI is InChI=1S/C12H13NO3/c1-2-13-6-8-7-16-11-9(8)4-3-5-10(11)12(14)15/h3-5,7,13H,2,6H2,1H3,(H,14,15). The molecule has 1 heterocycles. The number of carbonyl (C=O) groups is 1. The Kier molecular flexibility index (Phi) is 2.92. The quantitative estimate of drug-likeness (QED) is 0.827. The highest BCUT2D eigenvalue weighted by Gasteiger charge is 2.13. The summed E-state index contributed by atoms with van der Waals surface area (Å²) >= 11 is 0. The monoisotopic (exact) mass is 219 g/mol. The van der Waals surface area contributed by atoms with Crippen LogP contribution in [0, 0.1) is 0 Å². The third-order valence-electron chi connectivity index (χ3n) is 2.48. The summed E-state index contributed by atoms with van der Waals surface area (Å²) in [5, 5.41) is 13.0. The summed E-state index contributed by atoms with van der Waals surface area (Å²) in [5.41, 5.74) is 1.64. The van der Waals surface area contributed by atoms with E-state index in [1.54, 1.807) is 18.4 Å². The summed E-state index contributed by atoms with van der Waals surface area (Å²) in [6.45, 7) is 3.57. The van der Waals surface area contributed by atoms with Crippen LogP contribution < -0.4 is 5.32 Å². The van der Waals surface area contributed by atoms with Crippen molar-refractivity contribution in [1.29, 1.82) is 0 Å². The van der Waals surface area contributed by atoms with Gasteiger partial charge in [0.05, 0.1) is 6.26 Å². The number of carboxylic acid groups (broad SMARTS) is 1. The van der Waals surface area contributed by atoms with Crippen LogP contribution in [0.15, 0.2) is 28.9 Å². The van der Waals surface area contributed by atoms with Gasteiger partial charge in [0.25, 0.3) is 0 Å². The van der Waals surface area contributed by atoms with E-state index in [0.717, 1.165) is 17.5 Å². The molecule has 84 valence electrons. The molecule has 0 fully saturated rings. The number of fused-ring (bicyclic) bond motifs is 1. The van der Waals surface area contributed by atoms with E-state index in [2.05, 4.69) is 5.32 Å². The average Bonchev–Trinajstić information content (AvgIpc) is 2.69. The normalized spacial score (nSPS) is 10.8. The fraction of sp³-hybridized carbons (Fsp3) is 0.250. The number of furan rings is 1. The topological polar surface area (TPSA) is 62.5 Å². The maximum absolute atomic E-state index is 11.0. The van der Waals surface area contributed by atoms with Crippen molar-refractivity contribution in [3.05, 3.63) is 35.6 Å². The number of benzene rings is 1. The van der Waals surface area contributed by atoms with Crippen molar-refractivity contribution in [2.75, 3.05) is 6.54 Å². The Morgan fingerprint density at radius 3 is 3.00 bits per heavy atom. The highest BCUT2D eigenvalue weighted by atomic mass is 16.4. The number of hydrogen-bond acceptors (Lipinski definition) is 3. The average molecular weight is 219 g/mol. The van der Waals surface area contributed by atoms with Gasteiger partial charge >= 0.3 is 5.97 Å². The van der Waals surface area contributed by atoms with Gasteiger partial charge in [0, 0.05) is 17.5 Å². The van der Waals surface area contributed by atoms with Gasteiger partial charge in [-0.15, -0.1) is 0 Å². The first kappa shape index (κ1) is 10.7. The van der Waals surface area contributed by atoms with Crippen LogP contribution in [0.4, 0.5) is 0 Å². The van der Waals surface area contributed by atoms with Gasteiger partial charge in [-0.2, -0.15) is 0 Å². The summed E-state index contributed by atoms with van der Waals surface area (Å²) in [4.78, 5) is 11.0. The molecule has 0 atom stereocenters. The molecule has 1 aromatic heterocycles. The van der Waals surface area contributed by atoms with Crippen molar-refractivity contribution in [1.82, 2.24) is 5.32 Å². The molecule has 0 aliphatic rings. The predicted octanol–water partition coefficient (Wildman–Crippen LogP) is 2.24. The van der Waals surface area contributed by atoms with E-state index in [1.807, 2.05) is 13.0 Å². The summed E-state index contributed by atoms with van der Waals surface area (Å²) in [5.74, 6) is -0.963. The van der Waals surface area contributed by atoms with E-state index in [0.29, 0.717) is 12.1 Å². The highest BCUT2D eigenvalue weighted by molar-refractivity contribution is 6.01. The lowest BCUT2D eigenvalue weighted by Crippen LogP contribution is -2.11. The van der Waals surface area contributed by atoms with Crippen molar-refractivity contribution >= 4 is 16.9 Å². The predicted molar refractivity (Wildman–Crippen MR) is 60.6 cm³/mol. The van der Waals surface area contributed by atoms with Crippen molar-refractivity contribution < 1.29 is 14.3 Å². The molecule has 1 aromatic carbocycles. The van der Waals surface area contributed by atoms with Crippen LogP contribution in [-0.2, 0) is 6.54 Å². The number of nitrogens with one attached hydrogen (secondary N) is 1. The Hall–Kier alpha value is -1.81. The van der Waals surface area contributed by atoms with E-state index in [9.17, 15) is 4.79 Å². The SMILES string of the molecule is CCNCc1coc2c(C(=O)O)cccc12. The summed E-state index contributed by atoms with van der Waals surface area (Å²) in [6, 6.07) is 5.15. The van der Waals surface area contributed by atoms with Crippen molar-refractivity contribution in [3.8, 4) is 0 Å². The maximum Gasteiger partial charge on any atom is 0.339 e. The molecule has 0 bridgehead atoms. The Morgan fingerprint density at radius 2 is 2.31 bits per heavy atom. The van der Waals surface area contributed by atoms with Crippen LogP contribution in [0.25, 0.3) is 11.0 Å². The second-order valence-corrected chi connectivity index (χ2v) is 3.53. The molecule has 0 saturated heterocycles. The molecule has 0 radical (unpaired) electrons. The van der Waals surface area contributed by atoms with Gasteiger partial charge in [0.15, 0.2) is 0 Å². The number of rotatable bonds is 4. The fourth-order valence-corrected chi connectivity index (χ4v) is 1.68. The lowest BCUT2D eigenvalue weighted by Gasteiger charge is -1.99. The van der Waals surface area contributed by atoms with E-state index < -0.39 is 5.97 Å². The second kappa shape index (κ2) is 4.37. The maximum atomic E-state index is 11.0. The fourth-order valence-electron chi connectivity index (χ4n) is 1.68. The number of carboxylic acids is 1. The molecule has 0 unspecified atom stereocenters. The van der Waals surface area contributed by atoms with Gasteiger partial charge in [-0.25, -0.2) is 4.79 Å². The molecule has 0 amide bonds. The Labute approximate surface area is 92.9 Å². The molecule has 0 aliphatic heterocycles.